The van der Waals surface area contributed by atoms with E-state index in [1.165, 1.54) is 18.0 Å². The molecule has 9 heteroatoms. The number of aromatic nitrogens is 2. The van der Waals surface area contributed by atoms with Gasteiger partial charge in [-0.15, -0.1) is 0 Å². The minimum atomic E-state index is -0.856. The van der Waals surface area contributed by atoms with Gasteiger partial charge >= 0.3 is 5.97 Å². The van der Waals surface area contributed by atoms with Crippen molar-refractivity contribution in [1.82, 2.24) is 9.66 Å². The third-order valence-electron chi connectivity index (χ3n) is 5.08. The molecule has 0 N–H and O–H groups in total. The first kappa shape index (κ1) is 25.4. The van der Waals surface area contributed by atoms with Crippen molar-refractivity contribution < 1.29 is 19.0 Å². The van der Waals surface area contributed by atoms with E-state index in [0.29, 0.717) is 40.2 Å². The number of methoxy groups -OCH3 is 1. The molecule has 0 aliphatic carbocycles. The van der Waals surface area contributed by atoms with Crippen molar-refractivity contribution in [1.29, 1.82) is 0 Å². The van der Waals surface area contributed by atoms with Crippen molar-refractivity contribution in [3.63, 3.8) is 0 Å². The highest BCUT2D eigenvalue weighted by Crippen LogP contribution is 2.31. The summed E-state index contributed by atoms with van der Waals surface area (Å²) in [6.07, 6.45) is 3.09. The molecular weight excluding hydrogens is 502 g/mol. The number of rotatable bonds is 10. The summed E-state index contributed by atoms with van der Waals surface area (Å²) in [5.74, 6) is 0.843. The Hall–Kier alpha value is -3.20. The van der Waals surface area contributed by atoms with Gasteiger partial charge in [0.15, 0.2) is 17.6 Å². The van der Waals surface area contributed by atoms with Gasteiger partial charge in [-0.25, -0.2) is 9.78 Å². The molecule has 1 aromatic heterocycles. The van der Waals surface area contributed by atoms with Gasteiger partial charge in [0.05, 0.1) is 30.8 Å². The predicted molar refractivity (Wildman–Crippen MR) is 135 cm³/mol. The Morgan fingerprint density at radius 1 is 1.26 bits per heavy atom. The van der Waals surface area contributed by atoms with Crippen LogP contribution in [0, 0.1) is 0 Å². The van der Waals surface area contributed by atoms with Crippen molar-refractivity contribution in [2.45, 2.75) is 46.1 Å². The average molecular weight is 530 g/mol. The Morgan fingerprint density at radius 3 is 2.76 bits per heavy atom. The van der Waals surface area contributed by atoms with Gasteiger partial charge in [-0.1, -0.05) is 35.3 Å². The van der Waals surface area contributed by atoms with Crippen molar-refractivity contribution in [3.8, 4) is 11.5 Å². The highest BCUT2D eigenvalue weighted by atomic mass is 79.9. The van der Waals surface area contributed by atoms with E-state index in [0.717, 1.165) is 17.3 Å². The van der Waals surface area contributed by atoms with E-state index in [1.54, 1.807) is 38.1 Å². The predicted octanol–water partition coefficient (Wildman–Crippen LogP) is 4.72. The zero-order valence-corrected chi connectivity index (χ0v) is 21.3. The summed E-state index contributed by atoms with van der Waals surface area (Å²) in [5.41, 5.74) is 0.900. The monoisotopic (exact) mass is 529 g/mol. The minimum Gasteiger partial charge on any atom is -0.493 e. The van der Waals surface area contributed by atoms with Gasteiger partial charge in [0.25, 0.3) is 5.56 Å². The number of halogens is 1. The maximum atomic E-state index is 13.3. The highest BCUT2D eigenvalue weighted by Gasteiger charge is 2.20. The van der Waals surface area contributed by atoms with Crippen molar-refractivity contribution in [3.05, 3.63) is 62.6 Å². The maximum Gasteiger partial charge on any atom is 0.347 e. The lowest BCUT2D eigenvalue weighted by molar-refractivity contribution is -0.150. The molecule has 180 valence electrons. The van der Waals surface area contributed by atoms with E-state index in [-0.39, 0.29) is 12.2 Å². The van der Waals surface area contributed by atoms with Crippen LogP contribution in [0.2, 0.25) is 0 Å². The highest BCUT2D eigenvalue weighted by molar-refractivity contribution is 9.10. The van der Waals surface area contributed by atoms with Gasteiger partial charge in [-0.05, 0) is 50.6 Å². The van der Waals surface area contributed by atoms with Gasteiger partial charge < -0.3 is 14.2 Å². The number of esters is 1. The molecule has 0 radical (unpaired) electrons. The van der Waals surface area contributed by atoms with Crippen LogP contribution in [-0.4, -0.2) is 41.7 Å². The molecule has 3 aromatic rings. The number of benzene rings is 2. The Balaban J connectivity index is 2.08. The second kappa shape index (κ2) is 11.8. The number of hydrogen-bond donors (Lipinski definition) is 0. The maximum absolute atomic E-state index is 13.3. The fourth-order valence-corrected chi connectivity index (χ4v) is 3.70. The molecule has 1 heterocycles. The fraction of sp³-hybridized carbons (Fsp3) is 0.360. The molecule has 1 atom stereocenters. The normalized spacial score (nSPS) is 12.1. The molecule has 34 heavy (non-hydrogen) atoms. The standard InChI is InChI=1S/C25H28BrN3O5/c1-5-7-11-22-28-20-13-12-18(26)14-19(20)24(30)29(22)27-15-17-9-8-10-21(32-4)23(17)34-16(3)25(31)33-6-2/h8-10,12-16H,5-7,11H2,1-4H3/t16-/m1/s1. The average Bonchev–Trinajstić information content (AvgIpc) is 2.83. The molecule has 0 spiro atoms. The first-order chi connectivity index (χ1) is 16.4. The van der Waals surface area contributed by atoms with Crippen LogP contribution in [0.3, 0.4) is 0 Å². The number of ether oxygens (including phenoxy) is 3. The largest absolute Gasteiger partial charge is 0.493 e. The van der Waals surface area contributed by atoms with Crippen LogP contribution in [0.15, 0.2) is 50.8 Å². The fourth-order valence-electron chi connectivity index (χ4n) is 3.34. The molecule has 0 bridgehead atoms. The second-order valence-corrected chi connectivity index (χ2v) is 8.46. The van der Waals surface area contributed by atoms with Crippen LogP contribution in [0.4, 0.5) is 0 Å². The molecule has 2 aromatic carbocycles. The number of carbonyl (C=O) groups is 1. The van der Waals surface area contributed by atoms with Crippen LogP contribution in [0.1, 0.15) is 45.0 Å². The number of fused-ring (bicyclic) bond motifs is 1. The third kappa shape index (κ3) is 5.83. The van der Waals surface area contributed by atoms with E-state index in [1.807, 2.05) is 12.1 Å². The smallest absolute Gasteiger partial charge is 0.347 e. The summed E-state index contributed by atoms with van der Waals surface area (Å²) in [7, 11) is 1.51. The number of nitrogens with zero attached hydrogens (tertiary/aromatic N) is 3. The molecule has 3 rings (SSSR count). The summed E-state index contributed by atoms with van der Waals surface area (Å²) >= 11 is 3.42. The van der Waals surface area contributed by atoms with Crippen LogP contribution in [0.5, 0.6) is 11.5 Å². The number of carbonyl (C=O) groups excluding carboxylic acids is 1. The first-order valence-electron chi connectivity index (χ1n) is 11.1. The van der Waals surface area contributed by atoms with Gasteiger partial charge in [0, 0.05) is 16.5 Å². The summed E-state index contributed by atoms with van der Waals surface area (Å²) in [6.45, 7) is 5.66. The van der Waals surface area contributed by atoms with E-state index in [9.17, 15) is 9.59 Å². The van der Waals surface area contributed by atoms with Gasteiger partial charge in [0.1, 0.15) is 5.82 Å². The molecule has 8 nitrogen and oxygen atoms in total. The zero-order chi connectivity index (χ0) is 24.7. The minimum absolute atomic E-state index is 0.251. The summed E-state index contributed by atoms with van der Waals surface area (Å²) in [4.78, 5) is 30.1. The van der Waals surface area contributed by atoms with Crippen molar-refractivity contribution in [2.75, 3.05) is 13.7 Å². The molecule has 0 saturated heterocycles. The number of aryl methyl sites for hydroxylation is 1. The van der Waals surface area contributed by atoms with Gasteiger partial charge in [-0.3, -0.25) is 4.79 Å². The Morgan fingerprint density at radius 2 is 2.06 bits per heavy atom. The van der Waals surface area contributed by atoms with E-state index < -0.39 is 12.1 Å². The number of hydrogen-bond acceptors (Lipinski definition) is 7. The number of para-hydroxylation sites is 1. The molecule has 0 amide bonds. The molecule has 0 fully saturated rings. The molecule has 0 unspecified atom stereocenters. The molecular formula is C25H28BrN3O5. The van der Waals surface area contributed by atoms with Crippen LogP contribution >= 0.6 is 15.9 Å². The topological polar surface area (TPSA) is 92.0 Å². The zero-order valence-electron chi connectivity index (χ0n) is 19.7. The SMILES string of the molecule is CCCCc1nc2ccc(Br)cc2c(=O)n1N=Cc1cccc(OC)c1O[C@H](C)C(=O)OCC. The Bertz CT molecular complexity index is 1260. The summed E-state index contributed by atoms with van der Waals surface area (Å²) in [6, 6.07) is 10.7. The van der Waals surface area contributed by atoms with E-state index >= 15 is 0 Å². The van der Waals surface area contributed by atoms with E-state index in [4.69, 9.17) is 14.2 Å². The second-order valence-electron chi connectivity index (χ2n) is 7.55. The quantitative estimate of drug-likeness (QED) is 0.278. The summed E-state index contributed by atoms with van der Waals surface area (Å²) < 4.78 is 18.5. The molecule has 0 aliphatic heterocycles. The first-order valence-corrected chi connectivity index (χ1v) is 11.9. The van der Waals surface area contributed by atoms with Crippen molar-refractivity contribution >= 4 is 39.0 Å². The lowest BCUT2D eigenvalue weighted by atomic mass is 10.2. The van der Waals surface area contributed by atoms with Crippen LogP contribution in [-0.2, 0) is 16.0 Å². The van der Waals surface area contributed by atoms with E-state index in [2.05, 4.69) is 32.9 Å². The summed E-state index contributed by atoms with van der Waals surface area (Å²) in [5, 5.41) is 4.95. The Kier molecular flexibility index (Phi) is 8.81. The van der Waals surface area contributed by atoms with Crippen LogP contribution < -0.4 is 15.0 Å². The molecule has 0 saturated carbocycles. The molecule has 0 aliphatic rings. The third-order valence-corrected chi connectivity index (χ3v) is 5.58. The van der Waals surface area contributed by atoms with Gasteiger partial charge in [-0.2, -0.15) is 9.78 Å². The lowest BCUT2D eigenvalue weighted by Crippen LogP contribution is -2.26. The Labute approximate surface area is 206 Å². The lowest BCUT2D eigenvalue weighted by Gasteiger charge is -2.17. The van der Waals surface area contributed by atoms with Crippen molar-refractivity contribution in [2.24, 2.45) is 5.10 Å². The van der Waals surface area contributed by atoms with Gasteiger partial charge in [0.2, 0.25) is 0 Å². The van der Waals surface area contributed by atoms with Crippen LogP contribution in [0.25, 0.3) is 10.9 Å². The number of unbranched alkanes of at least 4 members (excludes halogenated alkanes) is 1.